The van der Waals surface area contributed by atoms with E-state index in [1.807, 2.05) is 47.8 Å². The number of rotatable bonds is 15. The fourth-order valence-corrected chi connectivity index (χ4v) is 5.77. The van der Waals surface area contributed by atoms with Gasteiger partial charge in [-0.3, -0.25) is 19.5 Å². The molecule has 0 spiro atoms. The number of azo groups is 1. The monoisotopic (exact) mass is 629 g/mol. The van der Waals surface area contributed by atoms with Crippen LogP contribution in [0.4, 0.5) is 10.8 Å². The maximum atomic E-state index is 13.5. The number of benzene rings is 2. The molecule has 3 N–H and O–H groups in total. The lowest BCUT2D eigenvalue weighted by atomic mass is 10.1. The molecular weight excluding hydrogens is 599 g/mol. The van der Waals surface area contributed by atoms with E-state index in [2.05, 4.69) is 30.6 Å². The van der Waals surface area contributed by atoms with Crippen LogP contribution in [0.5, 0.6) is 0 Å². The molecule has 13 heteroatoms. The number of aliphatic carboxylic acids is 1. The average molecular weight is 630 g/mol. The molecule has 0 bridgehead atoms. The number of nitrogens with one attached hydrogen (secondary N) is 2. The Labute approximate surface area is 261 Å². The highest BCUT2D eigenvalue weighted by molar-refractivity contribution is 7.13. The number of aromatic amines is 1. The molecule has 5 rings (SSSR count). The number of nitrogens with zero attached hydrogens (tertiary/aromatic N) is 5. The highest BCUT2D eigenvalue weighted by Gasteiger charge is 2.19. The summed E-state index contributed by atoms with van der Waals surface area (Å²) in [5.74, 6) is -0.882. The predicted molar refractivity (Wildman–Crippen MR) is 172 cm³/mol. The van der Waals surface area contributed by atoms with E-state index in [0.717, 1.165) is 43.2 Å². The van der Waals surface area contributed by atoms with Crippen molar-refractivity contribution in [2.45, 2.75) is 44.9 Å². The third kappa shape index (κ3) is 7.99. The second kappa shape index (κ2) is 15.1. The molecule has 2 aromatic carbocycles. The van der Waals surface area contributed by atoms with E-state index >= 15 is 0 Å². The quantitative estimate of drug-likeness (QED) is 0.0811. The zero-order valence-corrected chi connectivity index (χ0v) is 25.4. The zero-order chi connectivity index (χ0) is 30.7. The Morgan fingerprint density at radius 2 is 1.66 bits per heavy atom. The van der Waals surface area contributed by atoms with Crippen molar-refractivity contribution in [3.63, 3.8) is 0 Å². The fraction of sp³-hybridized carbons (Fsp3) is 0.258. The molecule has 44 heavy (non-hydrogen) atoms. The Kier molecular flexibility index (Phi) is 10.5. The molecule has 0 aliphatic carbocycles. The van der Waals surface area contributed by atoms with Gasteiger partial charge in [-0.1, -0.05) is 68.1 Å². The van der Waals surface area contributed by atoms with Crippen molar-refractivity contribution in [1.82, 2.24) is 25.1 Å². The van der Waals surface area contributed by atoms with Crippen LogP contribution in [0.2, 0.25) is 0 Å². The molecule has 0 aliphatic heterocycles. The van der Waals surface area contributed by atoms with Crippen molar-refractivity contribution < 1.29 is 14.7 Å². The number of H-pyrrole nitrogens is 1. The molecule has 5 aromatic rings. The van der Waals surface area contributed by atoms with Gasteiger partial charge in [-0.15, -0.1) is 32.9 Å². The predicted octanol–water partition coefficient (Wildman–Crippen LogP) is 7.37. The average Bonchev–Trinajstić information content (AvgIpc) is 3.80. The number of hydrogen-bond acceptors (Lipinski definition) is 9. The molecule has 0 radical (unpaired) electrons. The Morgan fingerprint density at radius 1 is 0.909 bits per heavy atom. The van der Waals surface area contributed by atoms with Crippen molar-refractivity contribution in [1.29, 1.82) is 0 Å². The number of unbranched alkanes of at least 4 members (excludes halogenated alkanes) is 5. The summed E-state index contributed by atoms with van der Waals surface area (Å²) < 4.78 is 1.37. The molecule has 1 amide bonds. The lowest BCUT2D eigenvalue weighted by Crippen LogP contribution is -2.24. The molecule has 0 saturated carbocycles. The third-order valence-corrected chi connectivity index (χ3v) is 8.29. The summed E-state index contributed by atoms with van der Waals surface area (Å²) in [6, 6.07) is 16.6. The van der Waals surface area contributed by atoms with Crippen LogP contribution in [0.15, 0.2) is 86.6 Å². The van der Waals surface area contributed by atoms with Crippen LogP contribution in [0, 0.1) is 0 Å². The first-order chi connectivity index (χ1) is 21.5. The van der Waals surface area contributed by atoms with Gasteiger partial charge in [0.25, 0.3) is 5.91 Å². The molecule has 3 aromatic heterocycles. The topological polar surface area (TPSA) is 155 Å². The van der Waals surface area contributed by atoms with Gasteiger partial charge in [-0.2, -0.15) is 4.68 Å². The Morgan fingerprint density at radius 3 is 2.39 bits per heavy atom. The van der Waals surface area contributed by atoms with Gasteiger partial charge in [0.1, 0.15) is 0 Å². The van der Waals surface area contributed by atoms with E-state index in [0.29, 0.717) is 40.2 Å². The minimum atomic E-state index is -0.746. The van der Waals surface area contributed by atoms with E-state index in [1.165, 1.54) is 27.4 Å². The van der Waals surface area contributed by atoms with Crippen molar-refractivity contribution >= 4 is 45.4 Å². The van der Waals surface area contributed by atoms with Gasteiger partial charge in [-0.25, -0.2) is 9.97 Å². The summed E-state index contributed by atoms with van der Waals surface area (Å²) in [7, 11) is 0. The summed E-state index contributed by atoms with van der Waals surface area (Å²) in [4.78, 5) is 45.4. The van der Waals surface area contributed by atoms with Crippen LogP contribution in [0.3, 0.4) is 0 Å². The lowest BCUT2D eigenvalue weighted by Gasteiger charge is -2.06. The molecule has 226 valence electrons. The standard InChI is InChI=1S/C31H31N7O4S2/c39-25(40)12-8-3-1-2-4-9-17-32-28(41)23-15-13-21(14-16-23)24-20-44-31(34-24)38-29(42)27(35-36-30-33-18-19-43-30)26(37-38)22-10-6-5-7-11-22/h5-7,10-11,13-16,18-20,37H,1-4,8-9,12,17H2,(H,32,41)(H,39,40). The number of thiazole rings is 2. The second-order valence-electron chi connectivity index (χ2n) is 9.97. The van der Waals surface area contributed by atoms with Gasteiger partial charge in [0.2, 0.25) is 10.3 Å². The van der Waals surface area contributed by atoms with Gasteiger partial charge in [0.15, 0.2) is 5.69 Å². The lowest BCUT2D eigenvalue weighted by molar-refractivity contribution is -0.137. The minimum absolute atomic E-state index is 0.136. The van der Waals surface area contributed by atoms with Gasteiger partial charge in [0, 0.05) is 46.6 Å². The van der Waals surface area contributed by atoms with Crippen molar-refractivity contribution in [2.75, 3.05) is 6.54 Å². The van der Waals surface area contributed by atoms with Crippen molar-refractivity contribution in [3.8, 4) is 27.6 Å². The first-order valence-electron chi connectivity index (χ1n) is 14.3. The van der Waals surface area contributed by atoms with E-state index in [-0.39, 0.29) is 23.6 Å². The number of carbonyl (C=O) groups excluding carboxylic acids is 1. The fourth-order valence-electron chi connectivity index (χ4n) is 4.52. The van der Waals surface area contributed by atoms with Crippen LogP contribution < -0.4 is 10.9 Å². The summed E-state index contributed by atoms with van der Waals surface area (Å²) in [6.07, 6.45) is 7.39. The number of amides is 1. The normalized spacial score (nSPS) is 11.3. The Bertz CT molecular complexity index is 1760. The summed E-state index contributed by atoms with van der Waals surface area (Å²) >= 11 is 2.64. The van der Waals surface area contributed by atoms with Gasteiger partial charge >= 0.3 is 11.5 Å². The number of carboxylic acids is 1. The van der Waals surface area contributed by atoms with Crippen LogP contribution in [0.25, 0.3) is 27.6 Å². The molecule has 0 atom stereocenters. The molecule has 0 aliphatic rings. The smallest absolute Gasteiger partial charge is 0.303 e. The van der Waals surface area contributed by atoms with Crippen molar-refractivity contribution in [2.24, 2.45) is 10.2 Å². The van der Waals surface area contributed by atoms with Crippen molar-refractivity contribution in [3.05, 3.63) is 87.5 Å². The molecule has 3 heterocycles. The Balaban J connectivity index is 1.22. The van der Waals surface area contributed by atoms with Gasteiger partial charge in [-0.05, 0) is 25.0 Å². The van der Waals surface area contributed by atoms with Gasteiger partial charge < -0.3 is 10.4 Å². The summed E-state index contributed by atoms with van der Waals surface area (Å²) in [5.41, 5.74) is 3.15. The second-order valence-corrected chi connectivity index (χ2v) is 11.7. The number of carboxylic acid groups (broad SMARTS) is 1. The zero-order valence-electron chi connectivity index (χ0n) is 23.8. The largest absolute Gasteiger partial charge is 0.481 e. The summed E-state index contributed by atoms with van der Waals surface area (Å²) in [6.45, 7) is 0.590. The van der Waals surface area contributed by atoms with E-state index in [1.54, 1.807) is 23.7 Å². The number of aromatic nitrogens is 4. The Hall–Kier alpha value is -4.75. The van der Waals surface area contributed by atoms with Crippen LogP contribution in [-0.2, 0) is 4.79 Å². The highest BCUT2D eigenvalue weighted by atomic mass is 32.1. The maximum Gasteiger partial charge on any atom is 0.303 e. The van der Waals surface area contributed by atoms with Gasteiger partial charge in [0.05, 0.1) is 11.4 Å². The van der Waals surface area contributed by atoms with Crippen LogP contribution >= 0.6 is 22.7 Å². The number of carbonyl (C=O) groups is 2. The third-order valence-electron chi connectivity index (χ3n) is 6.81. The molecule has 0 saturated heterocycles. The van der Waals surface area contributed by atoms with Crippen LogP contribution in [-0.4, -0.2) is 43.3 Å². The minimum Gasteiger partial charge on any atom is -0.481 e. The van der Waals surface area contributed by atoms with Crippen LogP contribution in [0.1, 0.15) is 55.3 Å². The molecule has 11 nitrogen and oxygen atoms in total. The van der Waals surface area contributed by atoms with E-state index in [4.69, 9.17) is 5.11 Å². The highest BCUT2D eigenvalue weighted by Crippen LogP contribution is 2.30. The summed E-state index contributed by atoms with van der Waals surface area (Å²) in [5, 5.41) is 27.7. The maximum absolute atomic E-state index is 13.5. The first kappa shape index (κ1) is 30.7. The van der Waals surface area contributed by atoms with E-state index < -0.39 is 5.97 Å². The first-order valence-corrected chi connectivity index (χ1v) is 16.0. The van der Waals surface area contributed by atoms with E-state index in [9.17, 15) is 14.4 Å². The SMILES string of the molecule is O=C(O)CCCCCCCCNC(=O)c1ccc(-c2csc(-n3[nH]c(-c4ccccc4)c(N=Nc4nccs4)c3=O)n2)cc1. The molecular formula is C31H31N7O4S2. The molecule has 0 unspecified atom stereocenters. The number of hydrogen-bond donors (Lipinski definition) is 3. The molecule has 0 fully saturated rings.